The number of aliphatic hydroxyl groups is 4. The summed E-state index contributed by atoms with van der Waals surface area (Å²) in [6.45, 7) is 2.72. The predicted octanol–water partition coefficient (Wildman–Crippen LogP) is -0.901. The predicted molar refractivity (Wildman–Crippen MR) is 101 cm³/mol. The summed E-state index contributed by atoms with van der Waals surface area (Å²) in [5.74, 6) is -3.23. The van der Waals surface area contributed by atoms with Gasteiger partial charge in [-0.15, -0.1) is 5.06 Å². The molecule has 0 aliphatic carbocycles. The third-order valence-corrected chi connectivity index (χ3v) is 5.26. The van der Waals surface area contributed by atoms with E-state index in [1.165, 1.54) is 0 Å². The van der Waals surface area contributed by atoms with Crippen molar-refractivity contribution >= 4 is 0 Å². The lowest BCUT2D eigenvalue weighted by Gasteiger charge is -2.43. The van der Waals surface area contributed by atoms with Crippen LogP contribution < -0.4 is 11.2 Å². The van der Waals surface area contributed by atoms with E-state index in [0.717, 1.165) is 12.6 Å². The van der Waals surface area contributed by atoms with Crippen LogP contribution in [0, 0.1) is 0 Å². The van der Waals surface area contributed by atoms with Gasteiger partial charge < -0.3 is 30.4 Å². The highest BCUT2D eigenvalue weighted by atomic mass is 19.1. The molecule has 2 rings (SSSR count). The number of hydrogen-bond acceptors (Lipinski definition) is 9. The van der Waals surface area contributed by atoms with Crippen LogP contribution in [-0.2, 0) is 17.1 Å². The van der Waals surface area contributed by atoms with Crippen molar-refractivity contribution < 1.29 is 34.8 Å². The number of H-pyrrole nitrogens is 1. The van der Waals surface area contributed by atoms with Crippen LogP contribution in [0.5, 0.6) is 0 Å². The molecule has 0 aromatic carbocycles. The molecule has 0 saturated carbocycles. The first-order chi connectivity index (χ1) is 14.1. The van der Waals surface area contributed by atoms with Crippen molar-refractivity contribution in [3.05, 3.63) is 32.6 Å². The molecule has 5 atom stereocenters. The Morgan fingerprint density at radius 3 is 2.53 bits per heavy atom. The smallest absolute Gasteiger partial charge is 0.332 e. The molecule has 1 unspecified atom stereocenters. The highest BCUT2D eigenvalue weighted by Gasteiger charge is 2.71. The van der Waals surface area contributed by atoms with Crippen molar-refractivity contribution in [1.29, 1.82) is 0 Å². The Morgan fingerprint density at radius 1 is 1.30 bits per heavy atom. The van der Waals surface area contributed by atoms with Gasteiger partial charge in [0.2, 0.25) is 5.72 Å². The second kappa shape index (κ2) is 9.64. The number of aryl methyl sites for hydroxylation is 1. The number of halogens is 1. The Morgan fingerprint density at radius 2 is 1.97 bits per heavy atom. The van der Waals surface area contributed by atoms with E-state index in [2.05, 4.69) is 0 Å². The SMILES string of the molecule is CCCCCC(F)N(O)[C@@]1(O)[C@H](O)[C@@H](CO)O[C@@]1(O)n1cc(CCC)c(=O)[nH]c1=O. The largest absolute Gasteiger partial charge is 0.394 e. The van der Waals surface area contributed by atoms with Gasteiger partial charge in [-0.05, 0) is 19.3 Å². The van der Waals surface area contributed by atoms with Gasteiger partial charge in [0.25, 0.3) is 5.56 Å². The molecule has 1 aromatic heterocycles. The molecule has 0 amide bonds. The van der Waals surface area contributed by atoms with Gasteiger partial charge in [0.05, 0.1) is 6.61 Å². The zero-order valence-electron chi connectivity index (χ0n) is 17.0. The summed E-state index contributed by atoms with van der Waals surface area (Å²) < 4.78 is 20.2. The van der Waals surface area contributed by atoms with Gasteiger partial charge in [0.1, 0.15) is 12.2 Å². The fraction of sp³-hybridized carbons (Fsp3) is 0.778. The number of hydroxylamine groups is 2. The lowest BCUT2D eigenvalue weighted by molar-refractivity contribution is -0.428. The van der Waals surface area contributed by atoms with E-state index in [-0.39, 0.29) is 23.5 Å². The Kier molecular flexibility index (Phi) is 7.91. The Labute approximate surface area is 171 Å². The number of nitrogens with zero attached hydrogens (tertiary/aromatic N) is 2. The van der Waals surface area contributed by atoms with Crippen molar-refractivity contribution in [1.82, 2.24) is 14.6 Å². The zero-order chi connectivity index (χ0) is 22.7. The van der Waals surface area contributed by atoms with E-state index in [0.29, 0.717) is 23.8 Å². The van der Waals surface area contributed by atoms with E-state index in [1.54, 1.807) is 6.92 Å². The molecule has 6 N–H and O–H groups in total. The number of hydrogen-bond donors (Lipinski definition) is 6. The molecule has 0 spiro atoms. The first-order valence-corrected chi connectivity index (χ1v) is 9.97. The Bertz CT molecular complexity index is 832. The fourth-order valence-electron chi connectivity index (χ4n) is 3.55. The van der Waals surface area contributed by atoms with Gasteiger partial charge in [-0.3, -0.25) is 9.78 Å². The van der Waals surface area contributed by atoms with Crippen LogP contribution in [0.15, 0.2) is 15.8 Å². The zero-order valence-corrected chi connectivity index (χ0v) is 17.0. The van der Waals surface area contributed by atoms with Gasteiger partial charge in [-0.1, -0.05) is 33.1 Å². The van der Waals surface area contributed by atoms with Gasteiger partial charge in [-0.25, -0.2) is 13.8 Å². The third kappa shape index (κ3) is 4.08. The second-order valence-electron chi connectivity index (χ2n) is 7.43. The van der Waals surface area contributed by atoms with Crippen LogP contribution in [-0.4, -0.2) is 71.1 Å². The number of nitrogens with one attached hydrogen (secondary N) is 1. The maximum atomic E-state index is 14.7. The van der Waals surface area contributed by atoms with Crippen LogP contribution in [0.25, 0.3) is 0 Å². The van der Waals surface area contributed by atoms with Crippen molar-refractivity contribution in [3.63, 3.8) is 0 Å². The highest BCUT2D eigenvalue weighted by Crippen LogP contribution is 2.44. The van der Waals surface area contributed by atoms with Crippen LogP contribution in [0.4, 0.5) is 4.39 Å². The average Bonchev–Trinajstić information content (AvgIpc) is 2.91. The summed E-state index contributed by atoms with van der Waals surface area (Å²) in [5, 5.41) is 52.2. The van der Waals surface area contributed by atoms with Crippen molar-refractivity contribution in [2.45, 2.75) is 82.5 Å². The van der Waals surface area contributed by atoms with E-state index in [9.17, 15) is 39.6 Å². The molecule has 2 heterocycles. The standard InChI is InChI=1S/C18H30FN3O8/c1-3-5-6-8-13(19)22(29)17(27)14(24)12(10-23)30-18(17,28)21-9-11(7-4-2)15(25)20-16(21)26/h9,12-14,23-24,27-29H,3-8,10H2,1-2H3,(H,20,25,26)/t12-,13?,14-,17-,18-/m1/s1. The third-order valence-electron chi connectivity index (χ3n) is 5.26. The van der Waals surface area contributed by atoms with Crippen LogP contribution in [0.3, 0.4) is 0 Å². The van der Waals surface area contributed by atoms with E-state index in [1.807, 2.05) is 11.9 Å². The summed E-state index contributed by atoms with van der Waals surface area (Å²) in [5.41, 5.74) is -5.20. The molecule has 11 nitrogen and oxygen atoms in total. The van der Waals surface area contributed by atoms with Crippen molar-refractivity contribution in [3.8, 4) is 0 Å². The van der Waals surface area contributed by atoms with Gasteiger partial charge in [0.15, 0.2) is 6.30 Å². The number of aromatic nitrogens is 2. The Hall–Kier alpha value is -1.67. The van der Waals surface area contributed by atoms with Gasteiger partial charge in [-0.2, -0.15) is 0 Å². The van der Waals surface area contributed by atoms with Crippen LogP contribution in [0.2, 0.25) is 0 Å². The first kappa shape index (κ1) is 24.6. The summed E-state index contributed by atoms with van der Waals surface area (Å²) >= 11 is 0. The Balaban J connectivity index is 2.58. The normalized spacial score (nSPS) is 30.2. The number of aromatic amines is 1. The maximum absolute atomic E-state index is 14.7. The highest BCUT2D eigenvalue weighted by molar-refractivity contribution is 5.10. The lowest BCUT2D eigenvalue weighted by Crippen LogP contribution is -2.69. The first-order valence-electron chi connectivity index (χ1n) is 9.97. The molecular formula is C18H30FN3O8. The average molecular weight is 435 g/mol. The van der Waals surface area contributed by atoms with Gasteiger partial charge in [0, 0.05) is 11.8 Å². The fourth-order valence-corrected chi connectivity index (χ4v) is 3.55. The number of unbranched alkanes of at least 4 members (excludes halogenated alkanes) is 2. The molecule has 0 bridgehead atoms. The van der Waals surface area contributed by atoms with Gasteiger partial charge >= 0.3 is 11.6 Å². The molecule has 30 heavy (non-hydrogen) atoms. The molecule has 1 aromatic rings. The molecular weight excluding hydrogens is 405 g/mol. The van der Waals surface area contributed by atoms with Crippen molar-refractivity contribution in [2.75, 3.05) is 6.61 Å². The summed E-state index contributed by atoms with van der Waals surface area (Å²) in [7, 11) is 0. The number of aliphatic hydroxyl groups excluding tert-OH is 2. The minimum atomic E-state index is -3.28. The quantitative estimate of drug-likeness (QED) is 0.118. The van der Waals surface area contributed by atoms with Crippen molar-refractivity contribution in [2.24, 2.45) is 0 Å². The van der Waals surface area contributed by atoms with E-state index < -0.39 is 48.0 Å². The summed E-state index contributed by atoms with van der Waals surface area (Å²) in [4.78, 5) is 26.3. The molecule has 0 radical (unpaired) electrons. The number of alkyl halides is 1. The topological polar surface area (TPSA) is 168 Å². The molecule has 172 valence electrons. The summed E-state index contributed by atoms with van der Waals surface area (Å²) in [6.07, 6.45) is -3.04. The maximum Gasteiger partial charge on any atom is 0.332 e. The molecule has 1 saturated heterocycles. The monoisotopic (exact) mass is 435 g/mol. The van der Waals surface area contributed by atoms with Crippen LogP contribution >= 0.6 is 0 Å². The molecule has 1 fully saturated rings. The minimum absolute atomic E-state index is 0.0441. The molecule has 1 aliphatic rings. The van der Waals surface area contributed by atoms with Crippen LogP contribution in [0.1, 0.15) is 51.5 Å². The van der Waals surface area contributed by atoms with E-state index >= 15 is 0 Å². The number of ether oxygens (including phenoxy) is 1. The minimum Gasteiger partial charge on any atom is -0.394 e. The lowest BCUT2D eigenvalue weighted by atomic mass is 10.00. The second-order valence-corrected chi connectivity index (χ2v) is 7.43. The molecule has 1 aliphatic heterocycles. The van der Waals surface area contributed by atoms with E-state index in [4.69, 9.17) is 4.74 Å². The molecule has 12 heteroatoms. The summed E-state index contributed by atoms with van der Waals surface area (Å²) in [6, 6.07) is 0. The number of rotatable bonds is 10.